The summed E-state index contributed by atoms with van der Waals surface area (Å²) in [6.07, 6.45) is 3.55. The number of nitrogens with one attached hydrogen (secondary N) is 1. The van der Waals surface area contributed by atoms with E-state index in [0.717, 1.165) is 11.3 Å². The van der Waals surface area contributed by atoms with Crippen LogP contribution in [0.25, 0.3) is 0 Å². The summed E-state index contributed by atoms with van der Waals surface area (Å²) >= 11 is 0. The first-order valence-electron chi connectivity index (χ1n) is 6.83. The van der Waals surface area contributed by atoms with Crippen molar-refractivity contribution in [1.29, 1.82) is 0 Å². The summed E-state index contributed by atoms with van der Waals surface area (Å²) in [5, 5.41) is 2.84. The van der Waals surface area contributed by atoms with Gasteiger partial charge in [-0.2, -0.15) is 0 Å². The highest BCUT2D eigenvalue weighted by Crippen LogP contribution is 2.31. The van der Waals surface area contributed by atoms with E-state index < -0.39 is 0 Å². The van der Waals surface area contributed by atoms with E-state index in [1.807, 2.05) is 25.1 Å². The van der Waals surface area contributed by atoms with E-state index in [4.69, 9.17) is 0 Å². The molecule has 1 aromatic carbocycles. The van der Waals surface area contributed by atoms with Gasteiger partial charge in [-0.05, 0) is 42.8 Å². The number of fused-ring (bicyclic) bond motifs is 1. The van der Waals surface area contributed by atoms with Crippen molar-refractivity contribution in [3.05, 3.63) is 53.9 Å². The Morgan fingerprint density at radius 2 is 2.05 bits per heavy atom. The number of hydrogen-bond donors (Lipinski definition) is 1. The molecule has 1 aliphatic rings. The van der Waals surface area contributed by atoms with E-state index in [1.54, 1.807) is 29.4 Å². The van der Waals surface area contributed by atoms with Crippen molar-refractivity contribution in [2.75, 3.05) is 16.8 Å². The van der Waals surface area contributed by atoms with Crippen molar-refractivity contribution in [3.8, 4) is 0 Å². The summed E-state index contributed by atoms with van der Waals surface area (Å²) in [6.45, 7) is 2.61. The van der Waals surface area contributed by atoms with Crippen LogP contribution in [0.5, 0.6) is 0 Å². The lowest BCUT2D eigenvalue weighted by atomic mass is 10.1. The van der Waals surface area contributed by atoms with Gasteiger partial charge < -0.3 is 10.2 Å². The molecule has 2 heterocycles. The predicted molar refractivity (Wildman–Crippen MR) is 80.4 cm³/mol. The van der Waals surface area contributed by atoms with Gasteiger partial charge in [0.15, 0.2) is 0 Å². The molecule has 0 saturated carbocycles. The molecule has 2 aromatic rings. The van der Waals surface area contributed by atoms with Crippen LogP contribution in [0.15, 0.2) is 42.7 Å². The maximum absolute atomic E-state index is 12.1. The van der Waals surface area contributed by atoms with Crippen molar-refractivity contribution in [2.24, 2.45) is 0 Å². The molecule has 0 atom stereocenters. The SMILES string of the molecule is CCN1C(=O)Cc2cc(NC(=O)c3ccncc3)ccc21. The third-order valence-corrected chi connectivity index (χ3v) is 3.53. The first kappa shape index (κ1) is 13.3. The largest absolute Gasteiger partial charge is 0.322 e. The third-order valence-electron chi connectivity index (χ3n) is 3.53. The monoisotopic (exact) mass is 281 g/mol. The normalized spacial score (nSPS) is 13.2. The van der Waals surface area contributed by atoms with Gasteiger partial charge >= 0.3 is 0 Å². The third kappa shape index (κ3) is 2.50. The zero-order valence-corrected chi connectivity index (χ0v) is 11.7. The van der Waals surface area contributed by atoms with Crippen molar-refractivity contribution in [1.82, 2.24) is 4.98 Å². The maximum Gasteiger partial charge on any atom is 0.255 e. The summed E-state index contributed by atoms with van der Waals surface area (Å²) in [7, 11) is 0. The Bertz CT molecular complexity index is 698. The molecular formula is C16H15N3O2. The second-order valence-corrected chi connectivity index (χ2v) is 4.85. The van der Waals surface area contributed by atoms with Crippen LogP contribution in [-0.4, -0.2) is 23.3 Å². The molecule has 1 aliphatic heterocycles. The van der Waals surface area contributed by atoms with Crippen molar-refractivity contribution < 1.29 is 9.59 Å². The summed E-state index contributed by atoms with van der Waals surface area (Å²) < 4.78 is 0. The minimum absolute atomic E-state index is 0.102. The Morgan fingerprint density at radius 1 is 1.29 bits per heavy atom. The number of anilines is 2. The van der Waals surface area contributed by atoms with Gasteiger partial charge in [0.25, 0.3) is 5.91 Å². The van der Waals surface area contributed by atoms with Gasteiger partial charge in [-0.25, -0.2) is 0 Å². The van der Waals surface area contributed by atoms with E-state index in [1.165, 1.54) is 0 Å². The van der Waals surface area contributed by atoms with Crippen molar-refractivity contribution in [2.45, 2.75) is 13.3 Å². The fourth-order valence-electron chi connectivity index (χ4n) is 2.51. The van der Waals surface area contributed by atoms with Gasteiger partial charge in [0.1, 0.15) is 0 Å². The molecule has 106 valence electrons. The van der Waals surface area contributed by atoms with E-state index in [9.17, 15) is 9.59 Å². The Morgan fingerprint density at radius 3 is 2.76 bits per heavy atom. The molecule has 5 nitrogen and oxygen atoms in total. The number of amides is 2. The van der Waals surface area contributed by atoms with Crippen LogP contribution in [0.4, 0.5) is 11.4 Å². The van der Waals surface area contributed by atoms with Crippen LogP contribution < -0.4 is 10.2 Å². The van der Waals surface area contributed by atoms with Crippen LogP contribution >= 0.6 is 0 Å². The minimum atomic E-state index is -0.186. The molecule has 0 unspecified atom stereocenters. The molecule has 5 heteroatoms. The lowest BCUT2D eigenvalue weighted by Gasteiger charge is -2.14. The van der Waals surface area contributed by atoms with Gasteiger partial charge in [-0.3, -0.25) is 14.6 Å². The fourth-order valence-corrected chi connectivity index (χ4v) is 2.51. The van der Waals surface area contributed by atoms with Crippen molar-refractivity contribution in [3.63, 3.8) is 0 Å². The molecule has 1 aromatic heterocycles. The smallest absolute Gasteiger partial charge is 0.255 e. The summed E-state index contributed by atoms with van der Waals surface area (Å²) in [4.78, 5) is 29.6. The average Bonchev–Trinajstić information content (AvgIpc) is 2.82. The maximum atomic E-state index is 12.1. The zero-order valence-electron chi connectivity index (χ0n) is 11.7. The molecule has 0 bridgehead atoms. The first-order chi connectivity index (χ1) is 10.2. The number of nitrogens with zero attached hydrogens (tertiary/aromatic N) is 2. The second kappa shape index (κ2) is 5.36. The Kier molecular flexibility index (Phi) is 3.39. The Balaban J connectivity index is 1.81. The molecule has 3 rings (SSSR count). The standard InChI is InChI=1S/C16H15N3O2/c1-2-19-14-4-3-13(9-12(14)10-15(19)20)18-16(21)11-5-7-17-8-6-11/h3-9H,2,10H2,1H3,(H,18,21). The zero-order chi connectivity index (χ0) is 14.8. The van der Waals surface area contributed by atoms with Crippen LogP contribution in [0.3, 0.4) is 0 Å². The summed E-state index contributed by atoms with van der Waals surface area (Å²) in [5.41, 5.74) is 3.14. The molecule has 0 radical (unpaired) electrons. The van der Waals surface area contributed by atoms with E-state index in [2.05, 4.69) is 10.3 Å². The minimum Gasteiger partial charge on any atom is -0.322 e. The fraction of sp³-hybridized carbons (Fsp3) is 0.188. The summed E-state index contributed by atoms with van der Waals surface area (Å²) in [5.74, 6) is -0.0841. The molecule has 0 aliphatic carbocycles. The topological polar surface area (TPSA) is 62.3 Å². The quantitative estimate of drug-likeness (QED) is 0.938. The van der Waals surface area contributed by atoms with E-state index in [0.29, 0.717) is 24.2 Å². The highest BCUT2D eigenvalue weighted by molar-refractivity contribution is 6.05. The van der Waals surface area contributed by atoms with Crippen LogP contribution in [0, 0.1) is 0 Å². The van der Waals surface area contributed by atoms with Gasteiger partial charge in [-0.15, -0.1) is 0 Å². The lowest BCUT2D eigenvalue weighted by molar-refractivity contribution is -0.117. The number of carbonyl (C=O) groups excluding carboxylic acids is 2. The summed E-state index contributed by atoms with van der Waals surface area (Å²) in [6, 6.07) is 8.88. The number of benzene rings is 1. The molecule has 1 N–H and O–H groups in total. The number of hydrogen-bond acceptors (Lipinski definition) is 3. The van der Waals surface area contributed by atoms with Crippen molar-refractivity contribution >= 4 is 23.2 Å². The molecule has 0 fully saturated rings. The molecule has 0 spiro atoms. The molecule has 0 saturated heterocycles. The van der Waals surface area contributed by atoms with Crippen LogP contribution in [-0.2, 0) is 11.2 Å². The van der Waals surface area contributed by atoms with Crippen LogP contribution in [0.2, 0.25) is 0 Å². The van der Waals surface area contributed by atoms with Gasteiger partial charge in [0.05, 0.1) is 6.42 Å². The van der Waals surface area contributed by atoms with Gasteiger partial charge in [-0.1, -0.05) is 0 Å². The average molecular weight is 281 g/mol. The highest BCUT2D eigenvalue weighted by Gasteiger charge is 2.25. The van der Waals surface area contributed by atoms with Gasteiger partial charge in [0, 0.05) is 35.9 Å². The number of rotatable bonds is 3. The molecule has 2 amide bonds. The van der Waals surface area contributed by atoms with E-state index >= 15 is 0 Å². The number of likely N-dealkylation sites (N-methyl/N-ethyl adjacent to an activating group) is 1. The number of pyridine rings is 1. The Hall–Kier alpha value is -2.69. The van der Waals surface area contributed by atoms with Gasteiger partial charge in [0.2, 0.25) is 5.91 Å². The predicted octanol–water partition coefficient (Wildman–Crippen LogP) is 2.24. The second-order valence-electron chi connectivity index (χ2n) is 4.85. The highest BCUT2D eigenvalue weighted by atomic mass is 16.2. The number of carbonyl (C=O) groups is 2. The Labute approximate surface area is 122 Å². The molecular weight excluding hydrogens is 266 g/mol. The molecule has 21 heavy (non-hydrogen) atoms. The van der Waals surface area contributed by atoms with E-state index in [-0.39, 0.29) is 11.8 Å². The number of aromatic nitrogens is 1. The first-order valence-corrected chi connectivity index (χ1v) is 6.83. The lowest BCUT2D eigenvalue weighted by Crippen LogP contribution is -2.25. The van der Waals surface area contributed by atoms with Crippen LogP contribution in [0.1, 0.15) is 22.8 Å².